The lowest BCUT2D eigenvalue weighted by atomic mass is 9.93. The predicted molar refractivity (Wildman–Crippen MR) is 73.3 cm³/mol. The van der Waals surface area contributed by atoms with E-state index >= 15 is 0 Å². The van der Waals surface area contributed by atoms with Crippen LogP contribution in [0, 0.1) is 5.41 Å². The molecule has 1 aliphatic rings. The molecule has 0 spiro atoms. The molecular weight excluding hydrogens is 250 g/mol. The van der Waals surface area contributed by atoms with E-state index in [9.17, 15) is 5.11 Å². The molecule has 0 unspecified atom stereocenters. The third kappa shape index (κ3) is 2.90. The van der Waals surface area contributed by atoms with Crippen LogP contribution in [0.1, 0.15) is 25.8 Å². The Labute approximate surface area is 113 Å². The Bertz CT molecular complexity index is 446. The smallest absolute Gasteiger partial charge is 0.162 e. The molecule has 4 heteroatoms. The fraction of sp³-hybridized carbons (Fsp3) is 0.571. The van der Waals surface area contributed by atoms with E-state index in [4.69, 9.17) is 16.3 Å². The van der Waals surface area contributed by atoms with Gasteiger partial charge in [-0.2, -0.15) is 0 Å². The standard InChI is InChI=1S/C14H20ClNO2/c1-14(2)4-5-16(9-14)8-10-6-11(15)7-12(18-3)13(10)17/h6-7,17H,4-5,8-9H2,1-3H3. The Morgan fingerprint density at radius 1 is 1.44 bits per heavy atom. The quantitative estimate of drug-likeness (QED) is 0.914. The van der Waals surface area contributed by atoms with Crippen molar-refractivity contribution < 1.29 is 9.84 Å². The fourth-order valence-corrected chi connectivity index (χ4v) is 2.74. The first kappa shape index (κ1) is 13.5. The van der Waals surface area contributed by atoms with Crippen molar-refractivity contribution in [2.75, 3.05) is 20.2 Å². The zero-order valence-electron chi connectivity index (χ0n) is 11.2. The van der Waals surface area contributed by atoms with Crippen LogP contribution >= 0.6 is 11.6 Å². The highest BCUT2D eigenvalue weighted by atomic mass is 35.5. The first-order valence-electron chi connectivity index (χ1n) is 6.19. The lowest BCUT2D eigenvalue weighted by molar-refractivity contribution is 0.278. The summed E-state index contributed by atoms with van der Waals surface area (Å²) in [7, 11) is 1.54. The van der Waals surface area contributed by atoms with Crippen molar-refractivity contribution in [1.29, 1.82) is 0 Å². The molecule has 0 radical (unpaired) electrons. The number of hydrogen-bond donors (Lipinski definition) is 1. The summed E-state index contributed by atoms with van der Waals surface area (Å²) in [5.74, 6) is 0.641. The van der Waals surface area contributed by atoms with Gasteiger partial charge in [-0.15, -0.1) is 0 Å². The number of aromatic hydroxyl groups is 1. The summed E-state index contributed by atoms with van der Waals surface area (Å²) in [5, 5.41) is 10.7. The van der Waals surface area contributed by atoms with Gasteiger partial charge in [0.2, 0.25) is 0 Å². The van der Waals surface area contributed by atoms with Crippen LogP contribution in [0.5, 0.6) is 11.5 Å². The molecule has 0 bridgehead atoms. The van der Waals surface area contributed by atoms with E-state index in [2.05, 4.69) is 18.7 Å². The maximum Gasteiger partial charge on any atom is 0.162 e. The molecule has 0 aromatic heterocycles. The molecule has 1 N–H and O–H groups in total. The van der Waals surface area contributed by atoms with Crippen molar-refractivity contribution in [1.82, 2.24) is 4.90 Å². The Kier molecular flexibility index (Phi) is 3.74. The van der Waals surface area contributed by atoms with E-state index in [1.807, 2.05) is 6.07 Å². The minimum absolute atomic E-state index is 0.201. The van der Waals surface area contributed by atoms with Crippen molar-refractivity contribution in [3.05, 3.63) is 22.7 Å². The monoisotopic (exact) mass is 269 g/mol. The normalized spacial score (nSPS) is 19.1. The van der Waals surface area contributed by atoms with E-state index in [0.717, 1.165) is 18.7 Å². The van der Waals surface area contributed by atoms with Gasteiger partial charge in [0.25, 0.3) is 0 Å². The number of halogens is 1. The van der Waals surface area contributed by atoms with Crippen LogP contribution in [0.4, 0.5) is 0 Å². The molecular formula is C14H20ClNO2. The second-order valence-electron chi connectivity index (χ2n) is 5.74. The zero-order valence-corrected chi connectivity index (χ0v) is 11.9. The van der Waals surface area contributed by atoms with E-state index in [-0.39, 0.29) is 5.75 Å². The number of phenolic OH excluding ortho intramolecular Hbond substituents is 1. The molecule has 1 aromatic carbocycles. The molecule has 1 saturated heterocycles. The maximum atomic E-state index is 10.1. The van der Waals surface area contributed by atoms with Gasteiger partial charge in [0.1, 0.15) is 0 Å². The number of ether oxygens (including phenoxy) is 1. The highest BCUT2D eigenvalue weighted by Crippen LogP contribution is 2.36. The summed E-state index contributed by atoms with van der Waals surface area (Å²) in [5.41, 5.74) is 1.19. The Morgan fingerprint density at radius 3 is 2.72 bits per heavy atom. The first-order valence-corrected chi connectivity index (χ1v) is 6.57. The molecule has 1 aliphatic heterocycles. The van der Waals surface area contributed by atoms with Gasteiger partial charge >= 0.3 is 0 Å². The second-order valence-corrected chi connectivity index (χ2v) is 6.18. The van der Waals surface area contributed by atoms with Gasteiger partial charge in [-0.05, 0) is 24.4 Å². The van der Waals surface area contributed by atoms with Crippen LogP contribution in [0.25, 0.3) is 0 Å². The van der Waals surface area contributed by atoms with Crippen LogP contribution < -0.4 is 4.74 Å². The summed E-state index contributed by atoms with van der Waals surface area (Å²) in [6.07, 6.45) is 1.19. The van der Waals surface area contributed by atoms with Crippen LogP contribution in [-0.4, -0.2) is 30.2 Å². The summed E-state index contributed by atoms with van der Waals surface area (Å²) in [6, 6.07) is 3.44. The highest BCUT2D eigenvalue weighted by Gasteiger charge is 2.29. The molecule has 0 saturated carbocycles. The lowest BCUT2D eigenvalue weighted by Gasteiger charge is -2.20. The minimum Gasteiger partial charge on any atom is -0.504 e. The first-order chi connectivity index (χ1) is 8.41. The molecule has 2 rings (SSSR count). The number of nitrogens with zero attached hydrogens (tertiary/aromatic N) is 1. The molecule has 18 heavy (non-hydrogen) atoms. The van der Waals surface area contributed by atoms with Gasteiger partial charge in [0.05, 0.1) is 7.11 Å². The average molecular weight is 270 g/mol. The molecule has 100 valence electrons. The van der Waals surface area contributed by atoms with E-state index < -0.39 is 0 Å². The lowest BCUT2D eigenvalue weighted by Crippen LogP contribution is -2.22. The Hall–Kier alpha value is -0.930. The number of methoxy groups -OCH3 is 1. The average Bonchev–Trinajstić information content (AvgIpc) is 2.62. The predicted octanol–water partition coefficient (Wildman–Crippen LogP) is 3.29. The Morgan fingerprint density at radius 2 is 2.17 bits per heavy atom. The molecule has 0 atom stereocenters. The number of benzene rings is 1. The van der Waals surface area contributed by atoms with Crippen molar-refractivity contribution in [3.63, 3.8) is 0 Å². The number of likely N-dealkylation sites (tertiary alicyclic amines) is 1. The van der Waals surface area contributed by atoms with Crippen molar-refractivity contribution in [2.45, 2.75) is 26.8 Å². The highest BCUT2D eigenvalue weighted by molar-refractivity contribution is 6.30. The van der Waals surface area contributed by atoms with E-state index in [1.54, 1.807) is 6.07 Å². The molecule has 1 heterocycles. The minimum atomic E-state index is 0.201. The summed E-state index contributed by atoms with van der Waals surface area (Å²) in [6.45, 7) is 7.35. The Balaban J connectivity index is 2.17. The van der Waals surface area contributed by atoms with Crippen molar-refractivity contribution in [3.8, 4) is 11.5 Å². The van der Waals surface area contributed by atoms with Crippen LogP contribution in [0.2, 0.25) is 5.02 Å². The number of phenols is 1. The van der Waals surface area contributed by atoms with Gasteiger partial charge in [0, 0.05) is 29.7 Å². The SMILES string of the molecule is COc1cc(Cl)cc(CN2CCC(C)(C)C2)c1O. The largest absolute Gasteiger partial charge is 0.504 e. The van der Waals surface area contributed by atoms with Gasteiger partial charge in [-0.3, -0.25) is 4.90 Å². The molecule has 0 amide bonds. The van der Waals surface area contributed by atoms with Gasteiger partial charge in [0.15, 0.2) is 11.5 Å². The summed E-state index contributed by atoms with van der Waals surface area (Å²) >= 11 is 6.03. The molecule has 0 aliphatic carbocycles. The van der Waals surface area contributed by atoms with Crippen LogP contribution in [0.3, 0.4) is 0 Å². The van der Waals surface area contributed by atoms with E-state index in [1.165, 1.54) is 13.5 Å². The van der Waals surface area contributed by atoms with Crippen LogP contribution in [0.15, 0.2) is 12.1 Å². The van der Waals surface area contributed by atoms with Gasteiger partial charge < -0.3 is 9.84 Å². The number of rotatable bonds is 3. The van der Waals surface area contributed by atoms with Gasteiger partial charge in [-0.25, -0.2) is 0 Å². The second kappa shape index (κ2) is 4.98. The fourth-order valence-electron chi connectivity index (χ4n) is 2.50. The molecule has 3 nitrogen and oxygen atoms in total. The third-order valence-corrected chi connectivity index (χ3v) is 3.71. The van der Waals surface area contributed by atoms with Crippen molar-refractivity contribution in [2.24, 2.45) is 5.41 Å². The van der Waals surface area contributed by atoms with Crippen molar-refractivity contribution >= 4 is 11.6 Å². The molecule has 1 aromatic rings. The summed E-state index contributed by atoms with van der Waals surface area (Å²) < 4.78 is 5.12. The zero-order chi connectivity index (χ0) is 13.3. The van der Waals surface area contributed by atoms with Crippen LogP contribution in [-0.2, 0) is 6.54 Å². The van der Waals surface area contributed by atoms with E-state index in [0.29, 0.717) is 22.7 Å². The summed E-state index contributed by atoms with van der Waals surface area (Å²) in [4.78, 5) is 2.34. The molecule has 1 fully saturated rings. The maximum absolute atomic E-state index is 10.1. The topological polar surface area (TPSA) is 32.7 Å². The number of hydrogen-bond acceptors (Lipinski definition) is 3. The van der Waals surface area contributed by atoms with Gasteiger partial charge in [-0.1, -0.05) is 25.4 Å². The third-order valence-electron chi connectivity index (χ3n) is 3.49.